The number of carbonyl (C=O) groups is 1. The molecule has 5 N–H and O–H groups in total. The number of carboxylic acids is 1. The van der Waals surface area contributed by atoms with Gasteiger partial charge in [-0.1, -0.05) is 13.0 Å². The van der Waals surface area contributed by atoms with E-state index in [9.17, 15) is 9.18 Å². The molecule has 0 aromatic heterocycles. The smallest absolute Gasteiger partial charge is 0.323 e. The van der Waals surface area contributed by atoms with Crippen molar-refractivity contribution in [2.75, 3.05) is 6.54 Å². The molecule has 0 aliphatic heterocycles. The molecule has 0 rings (SSSR count). The monoisotopic (exact) mass is 245 g/mol. The fourth-order valence-corrected chi connectivity index (χ4v) is 1.12. The topological polar surface area (TPSA) is 102 Å². The number of aliphatic carboxylic acids is 1. The molecule has 0 aromatic carbocycles. The molecule has 0 heterocycles. The highest BCUT2D eigenvalue weighted by atomic mass is 19.1. The summed E-state index contributed by atoms with van der Waals surface area (Å²) in [5.74, 6) is -1.15. The van der Waals surface area contributed by atoms with E-state index in [4.69, 9.17) is 16.6 Å². The van der Waals surface area contributed by atoms with Crippen molar-refractivity contribution in [2.45, 2.75) is 38.6 Å². The van der Waals surface area contributed by atoms with Crippen molar-refractivity contribution in [1.82, 2.24) is 0 Å². The van der Waals surface area contributed by atoms with Gasteiger partial charge in [0.05, 0.1) is 11.7 Å². The Morgan fingerprint density at radius 1 is 1.59 bits per heavy atom. The number of hydrogen-bond donors (Lipinski definition) is 3. The van der Waals surface area contributed by atoms with Crippen LogP contribution in [-0.4, -0.2) is 29.0 Å². The Labute approximate surface area is 100 Å². The average Bonchev–Trinajstić information content (AvgIpc) is 2.25. The predicted molar refractivity (Wildman–Crippen MR) is 65.4 cm³/mol. The van der Waals surface area contributed by atoms with E-state index in [1.165, 1.54) is 6.08 Å². The number of amidine groups is 1. The van der Waals surface area contributed by atoms with E-state index in [0.29, 0.717) is 5.84 Å². The van der Waals surface area contributed by atoms with Gasteiger partial charge in [-0.05, 0) is 19.8 Å². The Morgan fingerprint density at radius 2 is 2.18 bits per heavy atom. The van der Waals surface area contributed by atoms with E-state index in [0.717, 1.165) is 0 Å². The molecule has 5 nitrogen and oxygen atoms in total. The van der Waals surface area contributed by atoms with Gasteiger partial charge in [0.2, 0.25) is 0 Å². The highest BCUT2D eigenvalue weighted by Crippen LogP contribution is 2.16. The molecule has 0 saturated heterocycles. The minimum absolute atomic E-state index is 0.0318. The summed E-state index contributed by atoms with van der Waals surface area (Å²) in [6.45, 7) is 3.53. The Morgan fingerprint density at radius 3 is 2.59 bits per heavy atom. The van der Waals surface area contributed by atoms with Crippen LogP contribution in [0.4, 0.5) is 4.39 Å². The molecular weight excluding hydrogens is 225 g/mol. The summed E-state index contributed by atoms with van der Waals surface area (Å²) in [4.78, 5) is 14.7. The van der Waals surface area contributed by atoms with Crippen LogP contribution in [-0.2, 0) is 4.79 Å². The van der Waals surface area contributed by atoms with Crippen LogP contribution in [0.1, 0.15) is 33.1 Å². The van der Waals surface area contributed by atoms with Crippen LogP contribution in [0.2, 0.25) is 0 Å². The summed E-state index contributed by atoms with van der Waals surface area (Å²) < 4.78 is 13.3. The van der Waals surface area contributed by atoms with Gasteiger partial charge in [-0.15, -0.1) is 0 Å². The van der Waals surface area contributed by atoms with Crippen LogP contribution in [0.15, 0.2) is 16.9 Å². The van der Waals surface area contributed by atoms with Crippen molar-refractivity contribution >= 4 is 11.8 Å². The highest BCUT2D eigenvalue weighted by molar-refractivity contribution is 5.78. The molecule has 0 amide bonds. The van der Waals surface area contributed by atoms with Crippen molar-refractivity contribution in [3.8, 4) is 0 Å². The van der Waals surface area contributed by atoms with Crippen molar-refractivity contribution in [3.05, 3.63) is 11.9 Å². The fraction of sp³-hybridized carbons (Fsp3) is 0.636. The second-order valence-corrected chi connectivity index (χ2v) is 3.94. The lowest BCUT2D eigenvalue weighted by Crippen LogP contribution is -2.46. The Kier molecular flexibility index (Phi) is 6.42. The van der Waals surface area contributed by atoms with Gasteiger partial charge in [-0.25, -0.2) is 4.39 Å². The first-order chi connectivity index (χ1) is 7.81. The third-order valence-electron chi connectivity index (χ3n) is 2.46. The minimum Gasteiger partial charge on any atom is -0.480 e. The van der Waals surface area contributed by atoms with Crippen molar-refractivity contribution in [2.24, 2.45) is 16.5 Å². The van der Waals surface area contributed by atoms with Crippen molar-refractivity contribution in [3.63, 3.8) is 0 Å². The summed E-state index contributed by atoms with van der Waals surface area (Å²) in [6, 6.07) is 0. The summed E-state index contributed by atoms with van der Waals surface area (Å²) in [5, 5.41) is 8.88. The molecule has 17 heavy (non-hydrogen) atoms. The third-order valence-corrected chi connectivity index (χ3v) is 2.46. The lowest BCUT2D eigenvalue weighted by molar-refractivity contribution is -0.143. The van der Waals surface area contributed by atoms with Crippen molar-refractivity contribution < 1.29 is 14.3 Å². The molecular formula is C11H20FN3O2. The molecule has 1 atom stereocenters. The van der Waals surface area contributed by atoms with Crippen LogP contribution in [0.3, 0.4) is 0 Å². The first-order valence-corrected chi connectivity index (χ1v) is 5.45. The normalized spacial score (nSPS) is 16.7. The Bertz CT molecular complexity index is 325. The summed E-state index contributed by atoms with van der Waals surface area (Å²) in [5.41, 5.74) is 9.50. The van der Waals surface area contributed by atoms with Gasteiger partial charge < -0.3 is 16.6 Å². The first-order valence-electron chi connectivity index (χ1n) is 5.45. The van der Waals surface area contributed by atoms with E-state index < -0.39 is 17.3 Å². The summed E-state index contributed by atoms with van der Waals surface area (Å²) in [7, 11) is 0. The van der Waals surface area contributed by atoms with Crippen LogP contribution in [0, 0.1) is 0 Å². The van der Waals surface area contributed by atoms with Gasteiger partial charge in [-0.3, -0.25) is 9.79 Å². The van der Waals surface area contributed by atoms with Gasteiger partial charge in [0, 0.05) is 13.0 Å². The molecule has 0 aromatic rings. The van der Waals surface area contributed by atoms with Crippen LogP contribution in [0.25, 0.3) is 0 Å². The fourth-order valence-electron chi connectivity index (χ4n) is 1.12. The summed E-state index contributed by atoms with van der Waals surface area (Å²) in [6.07, 6.45) is 1.52. The standard InChI is InChI=1S/C11H20FN3O2/c1-3-11(14,10(16)17)6-4-9(12)5-7-15-8(2)13/h4H,3,5-7,14H2,1-2H3,(H2,13,15)(H,16,17). The number of hydrogen-bond acceptors (Lipinski definition) is 3. The Balaban J connectivity index is 4.31. The minimum atomic E-state index is -1.40. The number of aliphatic imine (C=N–C) groups is 1. The molecule has 0 bridgehead atoms. The van der Waals surface area contributed by atoms with Crippen LogP contribution in [0.5, 0.6) is 0 Å². The van der Waals surface area contributed by atoms with Crippen LogP contribution >= 0.6 is 0 Å². The quantitative estimate of drug-likeness (QED) is 0.463. The maximum Gasteiger partial charge on any atom is 0.323 e. The maximum absolute atomic E-state index is 13.3. The van der Waals surface area contributed by atoms with Crippen molar-refractivity contribution in [1.29, 1.82) is 0 Å². The lowest BCUT2D eigenvalue weighted by Gasteiger charge is -2.20. The first kappa shape index (κ1) is 15.6. The second-order valence-electron chi connectivity index (χ2n) is 3.94. The maximum atomic E-state index is 13.3. The molecule has 0 fully saturated rings. The molecule has 0 saturated carbocycles. The molecule has 0 aliphatic carbocycles. The van der Waals surface area contributed by atoms with Gasteiger partial charge in [-0.2, -0.15) is 0 Å². The molecule has 0 aliphatic rings. The zero-order valence-corrected chi connectivity index (χ0v) is 10.2. The predicted octanol–water partition coefficient (Wildman–Crippen LogP) is 1.19. The number of nitrogens with two attached hydrogens (primary N) is 2. The second kappa shape index (κ2) is 7.01. The SMILES string of the molecule is CCC(N)(CC=C(F)CCN=C(C)N)C(=O)O. The van der Waals surface area contributed by atoms with E-state index in [2.05, 4.69) is 4.99 Å². The molecule has 1 unspecified atom stereocenters. The zero-order chi connectivity index (χ0) is 13.5. The van der Waals surface area contributed by atoms with Gasteiger partial charge in [0.25, 0.3) is 0 Å². The largest absolute Gasteiger partial charge is 0.480 e. The van der Waals surface area contributed by atoms with E-state index in [-0.39, 0.29) is 25.8 Å². The Hall–Kier alpha value is -1.43. The summed E-state index contributed by atoms with van der Waals surface area (Å²) >= 11 is 0. The zero-order valence-electron chi connectivity index (χ0n) is 10.2. The molecule has 6 heteroatoms. The van der Waals surface area contributed by atoms with E-state index in [1.54, 1.807) is 13.8 Å². The third kappa shape index (κ3) is 6.01. The van der Waals surface area contributed by atoms with E-state index >= 15 is 0 Å². The average molecular weight is 245 g/mol. The molecule has 98 valence electrons. The van der Waals surface area contributed by atoms with Gasteiger partial charge in [0.15, 0.2) is 0 Å². The highest BCUT2D eigenvalue weighted by Gasteiger charge is 2.30. The van der Waals surface area contributed by atoms with Gasteiger partial charge in [0.1, 0.15) is 5.54 Å². The molecule has 0 radical (unpaired) electrons. The molecule has 0 spiro atoms. The van der Waals surface area contributed by atoms with Gasteiger partial charge >= 0.3 is 5.97 Å². The number of halogens is 1. The number of rotatable bonds is 7. The number of carboxylic acid groups (broad SMARTS) is 1. The number of nitrogens with zero attached hydrogens (tertiary/aromatic N) is 1. The van der Waals surface area contributed by atoms with Crippen LogP contribution < -0.4 is 11.5 Å². The lowest BCUT2D eigenvalue weighted by atomic mass is 9.93. The van der Waals surface area contributed by atoms with E-state index in [1.807, 2.05) is 0 Å².